The van der Waals surface area contributed by atoms with Crippen LogP contribution in [0.4, 0.5) is 0 Å². The van der Waals surface area contributed by atoms with Crippen molar-refractivity contribution < 1.29 is 18.3 Å². The Hall–Kier alpha value is -0.380. The molecule has 0 aromatic carbocycles. The molecule has 6 heteroatoms. The van der Waals surface area contributed by atoms with Crippen LogP contribution in [-0.2, 0) is 18.3 Å². The quantitative estimate of drug-likeness (QED) is 0.622. The van der Waals surface area contributed by atoms with Crippen molar-refractivity contribution in [3.63, 3.8) is 0 Å². The second kappa shape index (κ2) is 4.03. The molecule has 0 unspecified atom stereocenters. The van der Waals surface area contributed by atoms with Gasteiger partial charge in [0.25, 0.3) is 0 Å². The lowest BCUT2D eigenvalue weighted by Gasteiger charge is -2.12. The summed E-state index contributed by atoms with van der Waals surface area (Å²) in [6, 6.07) is 0. The van der Waals surface area contributed by atoms with E-state index in [1.54, 1.807) is 0 Å². The summed E-state index contributed by atoms with van der Waals surface area (Å²) in [6.07, 6.45) is 0.125. The predicted molar refractivity (Wildman–Crippen MR) is 44.7 cm³/mol. The molecule has 0 atom stereocenters. The van der Waals surface area contributed by atoms with E-state index in [9.17, 15) is 4.57 Å². The first-order valence-corrected chi connectivity index (χ1v) is 5.29. The Bertz CT molecular complexity index is 220. The lowest BCUT2D eigenvalue weighted by molar-refractivity contribution is 0.275. The number of aliphatic imine (C=N–C) groups is 1. The highest BCUT2D eigenvalue weighted by Gasteiger charge is 2.26. The zero-order valence-electron chi connectivity index (χ0n) is 7.15. The minimum Gasteiger partial charge on any atom is -0.479 e. The van der Waals surface area contributed by atoms with E-state index in [2.05, 4.69) is 4.99 Å². The largest absolute Gasteiger partial charge is 0.479 e. The van der Waals surface area contributed by atoms with Crippen molar-refractivity contribution in [1.82, 2.24) is 0 Å². The number of nitrogens with zero attached hydrogens (tertiary/aromatic N) is 1. The molecule has 5 nitrogen and oxygen atoms in total. The maximum absolute atomic E-state index is 11.5. The zero-order valence-corrected chi connectivity index (χ0v) is 8.04. The molecule has 1 aliphatic rings. The molecule has 0 spiro atoms. The molecule has 12 heavy (non-hydrogen) atoms. The van der Waals surface area contributed by atoms with E-state index in [-0.39, 0.29) is 6.16 Å². The van der Waals surface area contributed by atoms with Crippen LogP contribution < -0.4 is 0 Å². The van der Waals surface area contributed by atoms with E-state index in [0.29, 0.717) is 19.0 Å². The maximum atomic E-state index is 11.5. The van der Waals surface area contributed by atoms with Gasteiger partial charge in [-0.25, -0.2) is 0 Å². The standard InChI is InChI=1S/C6H12NO4P/c1-9-12(8,10-2)5-6-7-3-4-11-6/h3-5H2,1-2H3. The first-order chi connectivity index (χ1) is 5.70. The van der Waals surface area contributed by atoms with Crippen molar-refractivity contribution in [2.45, 2.75) is 0 Å². The average Bonchev–Trinajstić information content (AvgIpc) is 2.57. The van der Waals surface area contributed by atoms with Crippen molar-refractivity contribution in [3.8, 4) is 0 Å². The summed E-state index contributed by atoms with van der Waals surface area (Å²) in [5, 5.41) is 0. The van der Waals surface area contributed by atoms with Gasteiger partial charge in [-0.3, -0.25) is 9.56 Å². The molecule has 0 saturated carbocycles. The number of rotatable bonds is 4. The number of hydrogen-bond acceptors (Lipinski definition) is 5. The van der Waals surface area contributed by atoms with Gasteiger partial charge in [-0.15, -0.1) is 0 Å². The Morgan fingerprint density at radius 1 is 1.58 bits per heavy atom. The molecular weight excluding hydrogens is 181 g/mol. The predicted octanol–water partition coefficient (Wildman–Crippen LogP) is 0.901. The van der Waals surface area contributed by atoms with Gasteiger partial charge in [0.1, 0.15) is 12.8 Å². The summed E-state index contributed by atoms with van der Waals surface area (Å²) in [7, 11) is -0.292. The monoisotopic (exact) mass is 193 g/mol. The van der Waals surface area contributed by atoms with Crippen LogP contribution in [-0.4, -0.2) is 39.4 Å². The Labute approximate surface area is 71.3 Å². The molecular formula is C6H12NO4P. The van der Waals surface area contributed by atoms with E-state index in [1.807, 2.05) is 0 Å². The van der Waals surface area contributed by atoms with Gasteiger partial charge in [0, 0.05) is 14.2 Å². The van der Waals surface area contributed by atoms with Crippen molar-refractivity contribution in [1.29, 1.82) is 0 Å². The van der Waals surface area contributed by atoms with Crippen molar-refractivity contribution in [2.75, 3.05) is 33.5 Å². The SMILES string of the molecule is COP(=O)(CC1=NCCO1)OC. The van der Waals surface area contributed by atoms with Crippen LogP contribution in [0.15, 0.2) is 4.99 Å². The summed E-state index contributed by atoms with van der Waals surface area (Å²) >= 11 is 0. The van der Waals surface area contributed by atoms with Crippen LogP contribution in [0.5, 0.6) is 0 Å². The fraction of sp³-hybridized carbons (Fsp3) is 0.833. The number of hydrogen-bond donors (Lipinski definition) is 0. The highest BCUT2D eigenvalue weighted by Crippen LogP contribution is 2.46. The van der Waals surface area contributed by atoms with E-state index >= 15 is 0 Å². The van der Waals surface area contributed by atoms with E-state index in [1.165, 1.54) is 14.2 Å². The summed E-state index contributed by atoms with van der Waals surface area (Å²) in [4.78, 5) is 3.98. The van der Waals surface area contributed by atoms with Gasteiger partial charge in [-0.05, 0) is 0 Å². The van der Waals surface area contributed by atoms with Crippen molar-refractivity contribution in [3.05, 3.63) is 0 Å². The molecule has 0 bridgehead atoms. The Balaban J connectivity index is 2.53. The maximum Gasteiger partial charge on any atom is 0.339 e. The normalized spacial score (nSPS) is 17.3. The molecule has 1 aliphatic heterocycles. The third-order valence-corrected chi connectivity index (χ3v) is 3.30. The Morgan fingerprint density at radius 3 is 2.67 bits per heavy atom. The molecule has 0 amide bonds. The molecule has 0 N–H and O–H groups in total. The highest BCUT2D eigenvalue weighted by atomic mass is 31.2. The van der Waals surface area contributed by atoms with Crippen LogP contribution in [0.25, 0.3) is 0 Å². The van der Waals surface area contributed by atoms with Crippen LogP contribution >= 0.6 is 7.60 Å². The van der Waals surface area contributed by atoms with Gasteiger partial charge >= 0.3 is 7.60 Å². The second-order valence-corrected chi connectivity index (χ2v) is 4.53. The van der Waals surface area contributed by atoms with Gasteiger partial charge in [0.05, 0.1) is 6.54 Å². The second-order valence-electron chi connectivity index (χ2n) is 2.26. The lowest BCUT2D eigenvalue weighted by atomic mass is 10.7. The van der Waals surface area contributed by atoms with Crippen molar-refractivity contribution >= 4 is 13.5 Å². The zero-order chi connectivity index (χ0) is 9.03. The highest BCUT2D eigenvalue weighted by molar-refractivity contribution is 7.54. The summed E-state index contributed by atoms with van der Waals surface area (Å²) in [5.74, 6) is 0.460. The minimum absolute atomic E-state index is 0.125. The van der Waals surface area contributed by atoms with Gasteiger partial charge in [0.15, 0.2) is 5.90 Å². The van der Waals surface area contributed by atoms with E-state index in [4.69, 9.17) is 13.8 Å². The molecule has 0 aromatic rings. The summed E-state index contributed by atoms with van der Waals surface area (Å²) in [6.45, 7) is 1.19. The Morgan fingerprint density at radius 2 is 2.25 bits per heavy atom. The lowest BCUT2D eigenvalue weighted by Crippen LogP contribution is -2.07. The van der Waals surface area contributed by atoms with Gasteiger partial charge < -0.3 is 13.8 Å². The first-order valence-electron chi connectivity index (χ1n) is 3.57. The summed E-state index contributed by atoms with van der Waals surface area (Å²) in [5.41, 5.74) is 0. The van der Waals surface area contributed by atoms with Gasteiger partial charge in [-0.2, -0.15) is 0 Å². The molecule has 0 aliphatic carbocycles. The van der Waals surface area contributed by atoms with Gasteiger partial charge in [0.2, 0.25) is 0 Å². The topological polar surface area (TPSA) is 57.1 Å². The third-order valence-electron chi connectivity index (χ3n) is 1.53. The molecule has 70 valence electrons. The molecule has 0 aromatic heterocycles. The fourth-order valence-electron chi connectivity index (χ4n) is 0.844. The summed E-state index contributed by atoms with van der Waals surface area (Å²) < 4.78 is 26.0. The van der Waals surface area contributed by atoms with Gasteiger partial charge in [-0.1, -0.05) is 0 Å². The van der Waals surface area contributed by atoms with Crippen LogP contribution in [0.2, 0.25) is 0 Å². The molecule has 1 heterocycles. The van der Waals surface area contributed by atoms with Crippen LogP contribution in [0.1, 0.15) is 0 Å². The minimum atomic E-state index is -2.99. The number of ether oxygens (including phenoxy) is 1. The average molecular weight is 193 g/mol. The molecule has 1 rings (SSSR count). The fourth-order valence-corrected chi connectivity index (χ4v) is 1.77. The van der Waals surface area contributed by atoms with Crippen LogP contribution in [0, 0.1) is 0 Å². The van der Waals surface area contributed by atoms with Crippen LogP contribution in [0.3, 0.4) is 0 Å². The first kappa shape index (κ1) is 9.71. The molecule has 0 saturated heterocycles. The molecule has 0 fully saturated rings. The molecule has 0 radical (unpaired) electrons. The third kappa shape index (κ3) is 2.30. The smallest absolute Gasteiger partial charge is 0.339 e. The van der Waals surface area contributed by atoms with Crippen molar-refractivity contribution in [2.24, 2.45) is 4.99 Å². The van der Waals surface area contributed by atoms with E-state index < -0.39 is 7.60 Å². The Kier molecular flexibility index (Phi) is 3.26. The van der Waals surface area contributed by atoms with E-state index in [0.717, 1.165) is 0 Å².